The van der Waals surface area contributed by atoms with Gasteiger partial charge in [-0.05, 0) is 50.3 Å². The molecule has 3 nitrogen and oxygen atoms in total. The molecule has 2 aliphatic rings. The van der Waals surface area contributed by atoms with Gasteiger partial charge in [0.2, 0.25) is 0 Å². The summed E-state index contributed by atoms with van der Waals surface area (Å²) in [7, 11) is 0. The second-order valence-corrected chi connectivity index (χ2v) is 6.30. The maximum atomic E-state index is 6.25. The summed E-state index contributed by atoms with van der Waals surface area (Å²) in [5, 5.41) is 0.743. The highest BCUT2D eigenvalue weighted by Gasteiger charge is 2.33. The molecule has 19 heavy (non-hydrogen) atoms. The van der Waals surface area contributed by atoms with Gasteiger partial charge >= 0.3 is 0 Å². The van der Waals surface area contributed by atoms with Crippen LogP contribution in [0.5, 0.6) is 0 Å². The van der Waals surface area contributed by atoms with Crippen molar-refractivity contribution >= 4 is 17.4 Å². The third-order valence-corrected chi connectivity index (χ3v) is 5.00. The Morgan fingerprint density at radius 1 is 1.21 bits per heavy atom. The summed E-state index contributed by atoms with van der Waals surface area (Å²) in [6, 6.07) is 4.37. The number of fused-ring (bicyclic) bond motifs is 1. The van der Waals surface area contributed by atoms with E-state index in [1.54, 1.807) is 6.07 Å². The second-order valence-electron chi connectivity index (χ2n) is 5.89. The van der Waals surface area contributed by atoms with Crippen molar-refractivity contribution in [3.8, 4) is 0 Å². The van der Waals surface area contributed by atoms with Gasteiger partial charge < -0.3 is 5.73 Å². The van der Waals surface area contributed by atoms with Crippen molar-refractivity contribution in [1.29, 1.82) is 0 Å². The summed E-state index contributed by atoms with van der Waals surface area (Å²) in [6.45, 7) is 2.03. The number of nitrogens with two attached hydrogens (primary N) is 1. The standard InChI is InChI=1S/C15H22ClN3/c16-12-7-8-15(17)18-13(12)10-19-9-3-5-11-4-1-2-6-14(11)19/h7-8,11,14H,1-6,9-10H2,(H2,17,18). The molecule has 4 heteroatoms. The van der Waals surface area contributed by atoms with Gasteiger partial charge in [0.15, 0.2) is 0 Å². The monoisotopic (exact) mass is 279 g/mol. The highest BCUT2D eigenvalue weighted by molar-refractivity contribution is 6.31. The Labute approximate surface area is 120 Å². The highest BCUT2D eigenvalue weighted by atomic mass is 35.5. The Morgan fingerprint density at radius 2 is 2.00 bits per heavy atom. The Morgan fingerprint density at radius 3 is 2.89 bits per heavy atom. The number of nitrogens with zero attached hydrogens (tertiary/aromatic N) is 2. The van der Waals surface area contributed by atoms with Crippen molar-refractivity contribution in [2.45, 2.75) is 51.1 Å². The van der Waals surface area contributed by atoms with Gasteiger partial charge in [-0.2, -0.15) is 0 Å². The Balaban J connectivity index is 1.75. The van der Waals surface area contributed by atoms with Crippen molar-refractivity contribution in [1.82, 2.24) is 9.88 Å². The van der Waals surface area contributed by atoms with Crippen molar-refractivity contribution in [3.63, 3.8) is 0 Å². The predicted octanol–water partition coefficient (Wildman–Crippen LogP) is 3.47. The number of anilines is 1. The molecule has 1 saturated carbocycles. The maximum Gasteiger partial charge on any atom is 0.123 e. The van der Waals surface area contributed by atoms with E-state index in [9.17, 15) is 0 Å². The van der Waals surface area contributed by atoms with Crippen LogP contribution < -0.4 is 5.73 Å². The summed E-state index contributed by atoms with van der Waals surface area (Å²) in [5.74, 6) is 1.46. The first-order chi connectivity index (χ1) is 9.24. The first kappa shape index (κ1) is 13.2. The summed E-state index contributed by atoms with van der Waals surface area (Å²) in [5.41, 5.74) is 6.71. The van der Waals surface area contributed by atoms with Gasteiger partial charge in [0, 0.05) is 12.6 Å². The van der Waals surface area contributed by atoms with Crippen molar-refractivity contribution in [2.24, 2.45) is 5.92 Å². The minimum Gasteiger partial charge on any atom is -0.384 e. The Hall–Kier alpha value is -0.800. The average Bonchev–Trinajstić information content (AvgIpc) is 2.43. The van der Waals surface area contributed by atoms with E-state index in [0.717, 1.165) is 29.2 Å². The molecule has 3 rings (SSSR count). The fraction of sp³-hybridized carbons (Fsp3) is 0.667. The Kier molecular flexibility index (Phi) is 3.94. The fourth-order valence-corrected chi connectivity index (χ4v) is 3.89. The van der Waals surface area contributed by atoms with Crippen molar-refractivity contribution in [3.05, 3.63) is 22.8 Å². The molecule has 0 aromatic carbocycles. The van der Waals surface area contributed by atoms with Crippen LogP contribution in [0.2, 0.25) is 5.02 Å². The molecule has 2 unspecified atom stereocenters. The minimum atomic E-state index is 0.566. The van der Waals surface area contributed by atoms with Crippen LogP contribution in [0.3, 0.4) is 0 Å². The van der Waals surface area contributed by atoms with E-state index in [2.05, 4.69) is 9.88 Å². The molecule has 2 fully saturated rings. The SMILES string of the molecule is Nc1ccc(Cl)c(CN2CCCC3CCCCC32)n1. The first-order valence-corrected chi connectivity index (χ1v) is 7.77. The number of halogens is 1. The normalized spacial score (nSPS) is 28.1. The zero-order chi connectivity index (χ0) is 13.2. The van der Waals surface area contributed by atoms with Gasteiger partial charge in [0.05, 0.1) is 10.7 Å². The third-order valence-electron chi connectivity index (χ3n) is 4.65. The lowest BCUT2D eigenvalue weighted by Gasteiger charge is -2.44. The van der Waals surface area contributed by atoms with E-state index < -0.39 is 0 Å². The number of piperidine rings is 1. The van der Waals surface area contributed by atoms with Crippen molar-refractivity contribution in [2.75, 3.05) is 12.3 Å². The predicted molar refractivity (Wildman–Crippen MR) is 79.0 cm³/mol. The summed E-state index contributed by atoms with van der Waals surface area (Å²) >= 11 is 6.25. The molecule has 0 amide bonds. The Bertz CT molecular complexity index is 447. The topological polar surface area (TPSA) is 42.1 Å². The minimum absolute atomic E-state index is 0.566. The van der Waals surface area contributed by atoms with Crippen LogP contribution in [-0.4, -0.2) is 22.5 Å². The molecule has 104 valence electrons. The van der Waals surface area contributed by atoms with E-state index in [0.29, 0.717) is 5.82 Å². The molecule has 2 N–H and O–H groups in total. The van der Waals surface area contributed by atoms with Gasteiger partial charge in [-0.1, -0.05) is 24.4 Å². The van der Waals surface area contributed by atoms with Crippen LogP contribution in [0.4, 0.5) is 5.82 Å². The smallest absolute Gasteiger partial charge is 0.123 e. The number of likely N-dealkylation sites (tertiary alicyclic amines) is 1. The number of rotatable bonds is 2. The molecule has 1 aliphatic heterocycles. The first-order valence-electron chi connectivity index (χ1n) is 7.39. The van der Waals surface area contributed by atoms with Crippen LogP contribution >= 0.6 is 11.6 Å². The van der Waals surface area contributed by atoms with Gasteiger partial charge in [-0.15, -0.1) is 0 Å². The molecule has 0 radical (unpaired) electrons. The summed E-state index contributed by atoms with van der Waals surface area (Å²) in [4.78, 5) is 6.99. The molecule has 0 bridgehead atoms. The van der Waals surface area contributed by atoms with Gasteiger partial charge in [0.25, 0.3) is 0 Å². The number of hydrogen-bond acceptors (Lipinski definition) is 3. The number of hydrogen-bond donors (Lipinski definition) is 1. The highest BCUT2D eigenvalue weighted by Crippen LogP contribution is 2.36. The van der Waals surface area contributed by atoms with Crippen LogP contribution in [0.15, 0.2) is 12.1 Å². The van der Waals surface area contributed by atoms with E-state index in [-0.39, 0.29) is 0 Å². The second kappa shape index (κ2) is 5.68. The zero-order valence-corrected chi connectivity index (χ0v) is 12.1. The van der Waals surface area contributed by atoms with Crippen LogP contribution in [0.25, 0.3) is 0 Å². The van der Waals surface area contributed by atoms with E-state index in [1.165, 1.54) is 45.1 Å². The van der Waals surface area contributed by atoms with E-state index in [1.807, 2.05) is 6.07 Å². The summed E-state index contributed by atoms with van der Waals surface area (Å²) in [6.07, 6.45) is 8.23. The van der Waals surface area contributed by atoms with Crippen LogP contribution in [0, 0.1) is 5.92 Å². The molecule has 1 aromatic rings. The molecule has 0 spiro atoms. The van der Waals surface area contributed by atoms with E-state index in [4.69, 9.17) is 17.3 Å². The number of aromatic nitrogens is 1. The molecule has 1 aliphatic carbocycles. The molecule has 1 saturated heterocycles. The third kappa shape index (κ3) is 2.87. The van der Waals surface area contributed by atoms with Gasteiger partial charge in [-0.25, -0.2) is 4.98 Å². The molecule has 2 heterocycles. The quantitative estimate of drug-likeness (QED) is 0.901. The molecular weight excluding hydrogens is 258 g/mol. The van der Waals surface area contributed by atoms with E-state index >= 15 is 0 Å². The fourth-order valence-electron chi connectivity index (χ4n) is 3.73. The van der Waals surface area contributed by atoms with Crippen LogP contribution in [-0.2, 0) is 6.54 Å². The van der Waals surface area contributed by atoms with Crippen molar-refractivity contribution < 1.29 is 0 Å². The summed E-state index contributed by atoms with van der Waals surface area (Å²) < 4.78 is 0. The lowest BCUT2D eigenvalue weighted by atomic mass is 9.78. The molecule has 1 aromatic heterocycles. The number of pyridine rings is 1. The number of nitrogen functional groups attached to an aromatic ring is 1. The van der Waals surface area contributed by atoms with Gasteiger partial charge in [0.1, 0.15) is 5.82 Å². The molecular formula is C15H22ClN3. The van der Waals surface area contributed by atoms with Crippen LogP contribution in [0.1, 0.15) is 44.2 Å². The lowest BCUT2D eigenvalue weighted by Crippen LogP contribution is -2.46. The largest absolute Gasteiger partial charge is 0.384 e. The van der Waals surface area contributed by atoms with Gasteiger partial charge in [-0.3, -0.25) is 4.90 Å². The lowest BCUT2D eigenvalue weighted by molar-refractivity contribution is 0.0538. The zero-order valence-electron chi connectivity index (χ0n) is 11.3. The average molecular weight is 280 g/mol. The molecule has 2 atom stereocenters. The maximum absolute atomic E-state index is 6.25.